The van der Waals surface area contributed by atoms with Crippen LogP contribution in [0.4, 0.5) is 0 Å². The fourth-order valence-corrected chi connectivity index (χ4v) is 7.55. The quantitative estimate of drug-likeness (QED) is 0.342. The summed E-state index contributed by atoms with van der Waals surface area (Å²) in [5, 5.41) is 12.7. The third kappa shape index (κ3) is 5.49. The third-order valence-corrected chi connectivity index (χ3v) is 10.4. The average molecular weight is 601 g/mol. The minimum absolute atomic E-state index is 0.0441. The van der Waals surface area contributed by atoms with Gasteiger partial charge in [0.15, 0.2) is 5.01 Å². The summed E-state index contributed by atoms with van der Waals surface area (Å²) < 4.78 is 28.4. The number of halogens is 1. The van der Waals surface area contributed by atoms with E-state index in [0.717, 1.165) is 34.2 Å². The van der Waals surface area contributed by atoms with Crippen molar-refractivity contribution in [1.29, 1.82) is 5.41 Å². The third-order valence-electron chi connectivity index (χ3n) is 7.25. The van der Waals surface area contributed by atoms with Crippen molar-refractivity contribution in [3.63, 3.8) is 0 Å². The number of thiazole rings is 1. The second-order valence-corrected chi connectivity index (χ2v) is 13.1. The Morgan fingerprint density at radius 2 is 1.88 bits per heavy atom. The predicted octanol–water partition coefficient (Wildman–Crippen LogP) is 3.30. The van der Waals surface area contributed by atoms with Gasteiger partial charge in [-0.05, 0) is 54.0 Å². The lowest BCUT2D eigenvalue weighted by Crippen LogP contribution is -2.61. The number of piperazine rings is 1. The summed E-state index contributed by atoms with van der Waals surface area (Å²) in [5.41, 5.74) is 1.07. The summed E-state index contributed by atoms with van der Waals surface area (Å²) in [7, 11) is -2.47. The Bertz CT molecular complexity index is 1640. The number of hydrogen-bond donors (Lipinski definition) is 2. The Labute approximate surface area is 241 Å². The van der Waals surface area contributed by atoms with E-state index >= 15 is 0 Å². The largest absolute Gasteiger partial charge is 0.357 e. The first-order valence-electron chi connectivity index (χ1n) is 12.8. The Kier molecular flexibility index (Phi) is 7.96. The molecule has 2 amide bonds. The van der Waals surface area contributed by atoms with E-state index < -0.39 is 27.9 Å². The highest BCUT2D eigenvalue weighted by atomic mass is 35.5. The van der Waals surface area contributed by atoms with Gasteiger partial charge in [0.1, 0.15) is 6.04 Å². The zero-order chi connectivity index (χ0) is 28.6. The summed E-state index contributed by atoms with van der Waals surface area (Å²) in [4.78, 5) is 35.1. The van der Waals surface area contributed by atoms with Gasteiger partial charge in [-0.25, -0.2) is 13.4 Å². The number of sulfonamides is 1. The molecular weight excluding hydrogens is 572 g/mol. The molecule has 2 aliphatic rings. The van der Waals surface area contributed by atoms with E-state index in [4.69, 9.17) is 17.0 Å². The van der Waals surface area contributed by atoms with E-state index in [1.165, 1.54) is 33.7 Å². The number of nitrogens with zero attached hydrogens (tertiary/aromatic N) is 4. The highest BCUT2D eigenvalue weighted by Crippen LogP contribution is 2.30. The van der Waals surface area contributed by atoms with Crippen LogP contribution in [0.3, 0.4) is 0 Å². The van der Waals surface area contributed by atoms with Gasteiger partial charge < -0.3 is 15.1 Å². The van der Waals surface area contributed by atoms with Crippen LogP contribution >= 0.6 is 22.9 Å². The van der Waals surface area contributed by atoms with Gasteiger partial charge >= 0.3 is 0 Å². The first-order chi connectivity index (χ1) is 19.1. The second kappa shape index (κ2) is 11.3. The number of benzene rings is 2. The molecule has 1 unspecified atom stereocenters. The molecule has 0 radical (unpaired) electrons. The van der Waals surface area contributed by atoms with Gasteiger partial charge in [0.2, 0.25) is 15.9 Å². The molecule has 0 saturated carbocycles. The molecule has 10 nitrogen and oxygen atoms in total. The average Bonchev–Trinajstić information content (AvgIpc) is 3.46. The van der Waals surface area contributed by atoms with Crippen molar-refractivity contribution in [3.8, 4) is 0 Å². The van der Waals surface area contributed by atoms with Crippen molar-refractivity contribution in [2.24, 2.45) is 0 Å². The van der Waals surface area contributed by atoms with E-state index in [1.54, 1.807) is 43.5 Å². The Morgan fingerprint density at radius 1 is 1.12 bits per heavy atom. The van der Waals surface area contributed by atoms with Crippen molar-refractivity contribution >= 4 is 67.0 Å². The second-order valence-electron chi connectivity index (χ2n) is 9.69. The highest BCUT2D eigenvalue weighted by Gasteiger charge is 2.40. The number of amidine groups is 1. The number of nitrogens with one attached hydrogen (secondary N) is 2. The summed E-state index contributed by atoms with van der Waals surface area (Å²) >= 11 is 7.32. The standard InChI is InChI=1S/C27H29ClN6O4S2/c1-17(29)32-9-7-18(8-10-32)24-15-31-26(39-24)27(36)34-12-11-33(16-23(34)25(35)30-2)40(37,38)22-6-4-19-13-21(28)5-3-20(19)14-22/h3-7,13-15,23,29H,8-12,16H2,1-2H3,(H,30,35). The van der Waals surface area contributed by atoms with Crippen LogP contribution in [-0.4, -0.2) is 91.0 Å². The Balaban J connectivity index is 1.35. The normalized spacial score (nSPS) is 18.5. The molecule has 5 rings (SSSR count). The van der Waals surface area contributed by atoms with Gasteiger partial charge in [0.25, 0.3) is 5.91 Å². The van der Waals surface area contributed by atoms with Crippen LogP contribution in [-0.2, 0) is 14.8 Å². The first-order valence-corrected chi connectivity index (χ1v) is 15.4. The van der Waals surface area contributed by atoms with Crippen LogP contribution in [0, 0.1) is 5.41 Å². The minimum atomic E-state index is -3.93. The fraction of sp³-hybridized carbons (Fsp3) is 0.333. The summed E-state index contributed by atoms with van der Waals surface area (Å²) in [6.45, 7) is 3.03. The molecule has 0 aliphatic carbocycles. The summed E-state index contributed by atoms with van der Waals surface area (Å²) in [6, 6.07) is 9.04. The molecule has 2 aromatic carbocycles. The number of fused-ring (bicyclic) bond motifs is 1. The van der Waals surface area contributed by atoms with Crippen LogP contribution in [0.1, 0.15) is 28.0 Å². The van der Waals surface area contributed by atoms with E-state index in [-0.39, 0.29) is 29.5 Å². The van der Waals surface area contributed by atoms with Crippen LogP contribution in [0.2, 0.25) is 5.02 Å². The van der Waals surface area contributed by atoms with Crippen molar-refractivity contribution in [1.82, 2.24) is 24.4 Å². The van der Waals surface area contributed by atoms with Crippen LogP contribution in [0.25, 0.3) is 16.3 Å². The topological polar surface area (TPSA) is 127 Å². The van der Waals surface area contributed by atoms with Gasteiger partial charge in [0, 0.05) is 51.0 Å². The van der Waals surface area contributed by atoms with Crippen LogP contribution < -0.4 is 5.32 Å². The monoisotopic (exact) mass is 600 g/mol. The molecule has 0 bridgehead atoms. The number of hydrogen-bond acceptors (Lipinski definition) is 7. The van der Waals surface area contributed by atoms with Crippen molar-refractivity contribution in [3.05, 3.63) is 63.6 Å². The number of likely N-dealkylation sites (N-methyl/N-ethyl adjacent to an activating group) is 1. The SMILES string of the molecule is CNC(=O)C1CN(S(=O)(=O)c2ccc3cc(Cl)ccc3c2)CCN1C(=O)c1ncc(C2=CCN(C(C)=N)CC2)s1. The molecule has 40 heavy (non-hydrogen) atoms. The maximum Gasteiger partial charge on any atom is 0.283 e. The molecule has 1 aromatic heterocycles. The van der Waals surface area contributed by atoms with Gasteiger partial charge in [-0.2, -0.15) is 4.31 Å². The maximum absolute atomic E-state index is 13.6. The Morgan fingerprint density at radius 3 is 2.58 bits per heavy atom. The fourth-order valence-electron chi connectivity index (χ4n) is 4.96. The van der Waals surface area contributed by atoms with Gasteiger partial charge in [-0.15, -0.1) is 11.3 Å². The lowest BCUT2D eigenvalue weighted by Gasteiger charge is -2.39. The molecule has 1 fully saturated rings. The molecule has 2 N–H and O–H groups in total. The van der Waals surface area contributed by atoms with Crippen LogP contribution in [0.5, 0.6) is 0 Å². The minimum Gasteiger partial charge on any atom is -0.357 e. The predicted molar refractivity (Wildman–Crippen MR) is 156 cm³/mol. The van der Waals surface area contributed by atoms with E-state index in [9.17, 15) is 18.0 Å². The van der Waals surface area contributed by atoms with Crippen molar-refractivity contribution < 1.29 is 18.0 Å². The van der Waals surface area contributed by atoms with Crippen molar-refractivity contribution in [2.75, 3.05) is 39.8 Å². The molecule has 3 heterocycles. The van der Waals surface area contributed by atoms with Crippen molar-refractivity contribution in [2.45, 2.75) is 24.3 Å². The highest BCUT2D eigenvalue weighted by molar-refractivity contribution is 7.89. The molecule has 13 heteroatoms. The molecular formula is C27H29ClN6O4S2. The summed E-state index contributed by atoms with van der Waals surface area (Å²) in [6.07, 6.45) is 4.45. The number of rotatable bonds is 5. The molecule has 0 spiro atoms. The smallest absolute Gasteiger partial charge is 0.283 e. The Hall–Kier alpha value is -3.32. The van der Waals surface area contributed by atoms with Crippen LogP contribution in [0.15, 0.2) is 53.6 Å². The zero-order valence-corrected chi connectivity index (χ0v) is 24.4. The molecule has 210 valence electrons. The molecule has 1 atom stereocenters. The van der Waals surface area contributed by atoms with Gasteiger partial charge in [-0.1, -0.05) is 29.8 Å². The molecule has 2 aliphatic heterocycles. The molecule has 3 aromatic rings. The number of carbonyl (C=O) groups is 2. The lowest BCUT2D eigenvalue weighted by atomic mass is 10.1. The zero-order valence-electron chi connectivity index (χ0n) is 22.1. The number of carbonyl (C=O) groups excluding carboxylic acids is 2. The summed E-state index contributed by atoms with van der Waals surface area (Å²) in [5.74, 6) is -0.337. The van der Waals surface area contributed by atoms with E-state index in [2.05, 4.69) is 10.3 Å². The number of amides is 2. The number of aromatic nitrogens is 1. The molecule has 1 saturated heterocycles. The van der Waals surface area contributed by atoms with Gasteiger partial charge in [-0.3, -0.25) is 15.0 Å². The van der Waals surface area contributed by atoms with E-state index in [1.807, 2.05) is 11.0 Å². The van der Waals surface area contributed by atoms with E-state index in [0.29, 0.717) is 17.4 Å². The van der Waals surface area contributed by atoms with Gasteiger partial charge in [0.05, 0.1) is 15.6 Å². The first kappa shape index (κ1) is 28.2. The maximum atomic E-state index is 13.6. The lowest BCUT2D eigenvalue weighted by molar-refractivity contribution is -0.126.